The van der Waals surface area contributed by atoms with Crippen LogP contribution in [-0.2, 0) is 4.74 Å². The predicted octanol–water partition coefficient (Wildman–Crippen LogP) is 4.49. The summed E-state index contributed by atoms with van der Waals surface area (Å²) in [7, 11) is 1.96. The molecular weight excluding hydrogens is 294 g/mol. The maximum atomic E-state index is 6.05. The number of ether oxygens (including phenoxy) is 1. The summed E-state index contributed by atoms with van der Waals surface area (Å²) in [4.78, 5) is 0. The van der Waals surface area contributed by atoms with Crippen LogP contribution in [-0.4, -0.2) is 19.7 Å². The van der Waals surface area contributed by atoms with Gasteiger partial charge in [-0.05, 0) is 25.1 Å². The molecule has 3 heteroatoms. The Morgan fingerprint density at radius 1 is 1.00 bits per heavy atom. The SMILES string of the molecule is CNC(C)C(OCC=Cc1ccccc1)c1ccccc1.Cl. The van der Waals surface area contributed by atoms with Gasteiger partial charge in [-0.15, -0.1) is 12.4 Å². The van der Waals surface area contributed by atoms with Crippen LogP contribution in [0.25, 0.3) is 6.08 Å². The first kappa shape index (κ1) is 18.4. The molecule has 2 nitrogen and oxygen atoms in total. The summed E-state index contributed by atoms with van der Waals surface area (Å²) in [5.41, 5.74) is 2.39. The Labute approximate surface area is 139 Å². The van der Waals surface area contributed by atoms with Gasteiger partial charge in [0.1, 0.15) is 0 Å². The Morgan fingerprint density at radius 2 is 1.59 bits per heavy atom. The Hall–Kier alpha value is -1.61. The first-order valence-corrected chi connectivity index (χ1v) is 7.36. The highest BCUT2D eigenvalue weighted by atomic mass is 35.5. The Morgan fingerprint density at radius 3 is 2.18 bits per heavy atom. The number of hydrogen-bond acceptors (Lipinski definition) is 2. The Balaban J connectivity index is 0.00000242. The first-order valence-electron chi connectivity index (χ1n) is 7.36. The maximum absolute atomic E-state index is 6.05. The second-order valence-corrected chi connectivity index (χ2v) is 5.06. The van der Waals surface area contributed by atoms with E-state index in [1.165, 1.54) is 11.1 Å². The summed E-state index contributed by atoms with van der Waals surface area (Å²) in [6, 6.07) is 20.9. The molecule has 1 N–H and O–H groups in total. The summed E-state index contributed by atoms with van der Waals surface area (Å²) in [6.45, 7) is 2.74. The molecule has 0 bridgehead atoms. The molecule has 2 aromatic carbocycles. The molecular formula is C19H24ClNO. The van der Waals surface area contributed by atoms with Crippen LogP contribution in [0.5, 0.6) is 0 Å². The van der Waals surface area contributed by atoms with E-state index in [2.05, 4.69) is 48.7 Å². The van der Waals surface area contributed by atoms with E-state index in [0.29, 0.717) is 6.61 Å². The predicted molar refractivity (Wildman–Crippen MR) is 96.4 cm³/mol. The van der Waals surface area contributed by atoms with E-state index in [-0.39, 0.29) is 24.6 Å². The number of rotatable bonds is 7. The van der Waals surface area contributed by atoms with Gasteiger partial charge < -0.3 is 10.1 Å². The second-order valence-electron chi connectivity index (χ2n) is 5.06. The molecule has 0 heterocycles. The summed E-state index contributed by atoms with van der Waals surface area (Å²) in [6.07, 6.45) is 4.20. The van der Waals surface area contributed by atoms with Gasteiger partial charge in [-0.1, -0.05) is 72.8 Å². The van der Waals surface area contributed by atoms with Gasteiger partial charge in [0.05, 0.1) is 12.7 Å². The van der Waals surface area contributed by atoms with Crippen molar-refractivity contribution in [2.24, 2.45) is 0 Å². The third-order valence-corrected chi connectivity index (χ3v) is 3.52. The zero-order valence-corrected chi connectivity index (χ0v) is 13.9. The molecule has 0 saturated carbocycles. The lowest BCUT2D eigenvalue weighted by Crippen LogP contribution is -2.30. The van der Waals surface area contributed by atoms with Crippen molar-refractivity contribution >= 4 is 18.5 Å². The van der Waals surface area contributed by atoms with Gasteiger partial charge in [-0.25, -0.2) is 0 Å². The molecule has 0 aromatic heterocycles. The number of halogens is 1. The summed E-state index contributed by atoms with van der Waals surface area (Å²) < 4.78 is 6.05. The van der Waals surface area contributed by atoms with E-state index in [4.69, 9.17) is 4.74 Å². The summed E-state index contributed by atoms with van der Waals surface area (Å²) >= 11 is 0. The molecule has 2 atom stereocenters. The topological polar surface area (TPSA) is 21.3 Å². The van der Waals surface area contributed by atoms with E-state index in [1.54, 1.807) is 0 Å². The molecule has 0 aliphatic rings. The van der Waals surface area contributed by atoms with Gasteiger partial charge in [-0.3, -0.25) is 0 Å². The van der Waals surface area contributed by atoms with Crippen molar-refractivity contribution in [1.82, 2.24) is 5.32 Å². The lowest BCUT2D eigenvalue weighted by Gasteiger charge is -2.24. The minimum absolute atomic E-state index is 0. The normalized spacial score (nSPS) is 13.5. The monoisotopic (exact) mass is 317 g/mol. The van der Waals surface area contributed by atoms with Crippen molar-refractivity contribution in [1.29, 1.82) is 0 Å². The van der Waals surface area contributed by atoms with E-state index in [1.807, 2.05) is 43.4 Å². The fraction of sp³-hybridized carbons (Fsp3) is 0.263. The molecule has 0 spiro atoms. The minimum atomic E-state index is 0. The van der Waals surface area contributed by atoms with Crippen molar-refractivity contribution in [3.8, 4) is 0 Å². The molecule has 2 aromatic rings. The van der Waals surface area contributed by atoms with E-state index >= 15 is 0 Å². The quantitative estimate of drug-likeness (QED) is 0.812. The molecule has 0 aliphatic carbocycles. The molecule has 0 fully saturated rings. The van der Waals surface area contributed by atoms with Crippen LogP contribution in [0.2, 0.25) is 0 Å². The van der Waals surface area contributed by atoms with Crippen molar-refractivity contribution in [2.75, 3.05) is 13.7 Å². The Bertz CT molecular complexity index is 542. The first-order chi connectivity index (χ1) is 10.3. The fourth-order valence-electron chi connectivity index (χ4n) is 2.23. The van der Waals surface area contributed by atoms with Crippen molar-refractivity contribution < 1.29 is 4.74 Å². The van der Waals surface area contributed by atoms with Crippen LogP contribution in [0.3, 0.4) is 0 Å². The van der Waals surface area contributed by atoms with E-state index in [9.17, 15) is 0 Å². The highest BCUT2D eigenvalue weighted by molar-refractivity contribution is 5.85. The van der Waals surface area contributed by atoms with Gasteiger partial charge in [0, 0.05) is 6.04 Å². The third-order valence-electron chi connectivity index (χ3n) is 3.52. The van der Waals surface area contributed by atoms with Crippen LogP contribution < -0.4 is 5.32 Å². The lowest BCUT2D eigenvalue weighted by molar-refractivity contribution is 0.0505. The molecule has 0 amide bonds. The standard InChI is InChI=1S/C19H23NO.ClH/c1-16(20-2)19(18-13-7-4-8-14-18)21-15-9-12-17-10-5-3-6-11-17;/h3-14,16,19-20H,15H2,1-2H3;1H. The Kier molecular flexibility index (Phi) is 8.53. The highest BCUT2D eigenvalue weighted by Gasteiger charge is 2.17. The smallest absolute Gasteiger partial charge is 0.0979 e. The van der Waals surface area contributed by atoms with Crippen molar-refractivity contribution in [3.05, 3.63) is 77.9 Å². The highest BCUT2D eigenvalue weighted by Crippen LogP contribution is 2.21. The maximum Gasteiger partial charge on any atom is 0.0979 e. The van der Waals surface area contributed by atoms with Gasteiger partial charge in [0.2, 0.25) is 0 Å². The van der Waals surface area contributed by atoms with E-state index < -0.39 is 0 Å². The zero-order chi connectivity index (χ0) is 14.9. The second kappa shape index (κ2) is 10.2. The van der Waals surface area contributed by atoms with Crippen molar-refractivity contribution in [2.45, 2.75) is 19.1 Å². The van der Waals surface area contributed by atoms with Gasteiger partial charge >= 0.3 is 0 Å². The van der Waals surface area contributed by atoms with Gasteiger partial charge in [-0.2, -0.15) is 0 Å². The number of nitrogens with one attached hydrogen (secondary N) is 1. The van der Waals surface area contributed by atoms with Crippen molar-refractivity contribution in [3.63, 3.8) is 0 Å². The fourth-order valence-corrected chi connectivity index (χ4v) is 2.23. The minimum Gasteiger partial charge on any atom is -0.368 e. The third kappa shape index (κ3) is 5.64. The van der Waals surface area contributed by atoms with Crippen LogP contribution in [0.1, 0.15) is 24.2 Å². The molecule has 0 saturated heterocycles. The molecule has 118 valence electrons. The molecule has 22 heavy (non-hydrogen) atoms. The molecule has 2 unspecified atom stereocenters. The average Bonchev–Trinajstić information content (AvgIpc) is 2.56. The summed E-state index contributed by atoms with van der Waals surface area (Å²) in [5.74, 6) is 0. The van der Waals surface area contributed by atoms with Crippen LogP contribution in [0.15, 0.2) is 66.7 Å². The lowest BCUT2D eigenvalue weighted by atomic mass is 10.0. The summed E-state index contributed by atoms with van der Waals surface area (Å²) in [5, 5.41) is 3.27. The van der Waals surface area contributed by atoms with Crippen LogP contribution in [0.4, 0.5) is 0 Å². The van der Waals surface area contributed by atoms with Gasteiger partial charge in [0.15, 0.2) is 0 Å². The van der Waals surface area contributed by atoms with Crippen LogP contribution in [0, 0.1) is 0 Å². The average molecular weight is 318 g/mol. The van der Waals surface area contributed by atoms with Crippen LogP contribution >= 0.6 is 12.4 Å². The zero-order valence-electron chi connectivity index (χ0n) is 13.1. The van der Waals surface area contributed by atoms with Gasteiger partial charge in [0.25, 0.3) is 0 Å². The largest absolute Gasteiger partial charge is 0.368 e. The number of hydrogen-bond donors (Lipinski definition) is 1. The number of benzene rings is 2. The van der Waals surface area contributed by atoms with E-state index in [0.717, 1.165) is 0 Å². The molecule has 2 rings (SSSR count). The number of likely N-dealkylation sites (N-methyl/N-ethyl adjacent to an activating group) is 1. The molecule has 0 aliphatic heterocycles. The molecule has 0 radical (unpaired) electrons.